The number of halogens is 1. The number of carbonyl (C=O) groups excluding carboxylic acids is 1. The van der Waals surface area contributed by atoms with Crippen molar-refractivity contribution in [3.05, 3.63) is 23.8 Å². The van der Waals surface area contributed by atoms with E-state index in [2.05, 4.69) is 5.32 Å². The molecule has 19 heavy (non-hydrogen) atoms. The van der Waals surface area contributed by atoms with Gasteiger partial charge in [0, 0.05) is 23.4 Å². The van der Waals surface area contributed by atoms with Crippen molar-refractivity contribution < 1.29 is 14.3 Å². The number of nitrogens with one attached hydrogen (secondary N) is 1. The number of methoxy groups -OCH3 is 2. The van der Waals surface area contributed by atoms with E-state index in [0.717, 1.165) is 12.8 Å². The molecule has 1 aliphatic rings. The maximum Gasteiger partial charge on any atom is 0.251 e. The fourth-order valence-electron chi connectivity index (χ4n) is 1.88. The Morgan fingerprint density at radius 1 is 1.32 bits per heavy atom. The van der Waals surface area contributed by atoms with Gasteiger partial charge in [-0.1, -0.05) is 0 Å². The minimum atomic E-state index is -0.114. The van der Waals surface area contributed by atoms with Gasteiger partial charge in [-0.15, -0.1) is 11.6 Å². The van der Waals surface area contributed by atoms with Gasteiger partial charge in [-0.25, -0.2) is 0 Å². The summed E-state index contributed by atoms with van der Waals surface area (Å²) in [5, 5.41) is 2.92. The van der Waals surface area contributed by atoms with Crippen molar-refractivity contribution in [1.29, 1.82) is 0 Å². The van der Waals surface area contributed by atoms with Gasteiger partial charge >= 0.3 is 0 Å². The summed E-state index contributed by atoms with van der Waals surface area (Å²) in [6.07, 6.45) is 2.17. The topological polar surface area (TPSA) is 47.6 Å². The molecular weight excluding hydrogens is 266 g/mol. The highest BCUT2D eigenvalue weighted by molar-refractivity contribution is 6.18. The van der Waals surface area contributed by atoms with Gasteiger partial charge in [-0.05, 0) is 31.0 Å². The lowest BCUT2D eigenvalue weighted by Gasteiger charge is -2.13. The number of carbonyl (C=O) groups is 1. The third-order valence-electron chi connectivity index (χ3n) is 3.51. The molecule has 1 aromatic carbocycles. The Bertz CT molecular complexity index is 472. The second kappa shape index (κ2) is 5.70. The van der Waals surface area contributed by atoms with Crippen LogP contribution >= 0.6 is 11.6 Å². The van der Waals surface area contributed by atoms with Crippen molar-refractivity contribution in [3.63, 3.8) is 0 Å². The van der Waals surface area contributed by atoms with Gasteiger partial charge in [-0.2, -0.15) is 0 Å². The smallest absolute Gasteiger partial charge is 0.251 e. The molecular formula is C14H18ClNO3. The van der Waals surface area contributed by atoms with Crippen molar-refractivity contribution in [1.82, 2.24) is 5.32 Å². The first kappa shape index (κ1) is 14.0. The zero-order valence-corrected chi connectivity index (χ0v) is 11.9. The monoisotopic (exact) mass is 283 g/mol. The molecule has 0 aliphatic heterocycles. The normalized spacial score (nSPS) is 15.7. The summed E-state index contributed by atoms with van der Waals surface area (Å²) >= 11 is 5.88. The van der Waals surface area contributed by atoms with E-state index in [1.807, 2.05) is 0 Å². The van der Waals surface area contributed by atoms with Crippen molar-refractivity contribution in [2.45, 2.75) is 12.8 Å². The molecule has 0 unspecified atom stereocenters. The second-order valence-electron chi connectivity index (χ2n) is 4.89. The van der Waals surface area contributed by atoms with E-state index in [1.165, 1.54) is 0 Å². The van der Waals surface area contributed by atoms with E-state index in [0.29, 0.717) is 29.5 Å². The molecule has 1 saturated carbocycles. The summed E-state index contributed by atoms with van der Waals surface area (Å²) in [5.41, 5.74) is 0.677. The SMILES string of the molecule is COc1ccc(C(=O)NCC2(CCl)CC2)cc1OC. The molecule has 104 valence electrons. The largest absolute Gasteiger partial charge is 0.493 e. The average molecular weight is 284 g/mol. The minimum absolute atomic E-state index is 0.114. The molecule has 1 aromatic rings. The Balaban J connectivity index is 2.02. The number of alkyl halides is 1. The van der Waals surface area contributed by atoms with E-state index in [1.54, 1.807) is 32.4 Å². The molecule has 0 spiro atoms. The van der Waals surface area contributed by atoms with Crippen molar-refractivity contribution in [2.75, 3.05) is 26.6 Å². The van der Waals surface area contributed by atoms with Gasteiger partial charge in [0.05, 0.1) is 14.2 Å². The fraction of sp³-hybridized carbons (Fsp3) is 0.500. The molecule has 0 atom stereocenters. The van der Waals surface area contributed by atoms with Gasteiger partial charge in [0.1, 0.15) is 0 Å². The van der Waals surface area contributed by atoms with E-state index in [-0.39, 0.29) is 11.3 Å². The molecule has 1 amide bonds. The summed E-state index contributed by atoms with van der Waals surface area (Å²) in [4.78, 5) is 12.1. The van der Waals surface area contributed by atoms with Gasteiger partial charge in [0.2, 0.25) is 0 Å². The van der Waals surface area contributed by atoms with E-state index in [9.17, 15) is 4.79 Å². The summed E-state index contributed by atoms with van der Waals surface area (Å²) in [5.74, 6) is 1.64. The first-order chi connectivity index (χ1) is 9.14. The molecule has 1 aliphatic carbocycles. The molecule has 1 fully saturated rings. The van der Waals surface area contributed by atoms with Gasteiger partial charge in [0.25, 0.3) is 5.91 Å². The molecule has 0 bridgehead atoms. The third-order valence-corrected chi connectivity index (χ3v) is 4.08. The Hall–Kier alpha value is -1.42. The van der Waals surface area contributed by atoms with Crippen LogP contribution in [0.25, 0.3) is 0 Å². The highest BCUT2D eigenvalue weighted by atomic mass is 35.5. The fourth-order valence-corrected chi connectivity index (χ4v) is 2.24. The zero-order valence-electron chi connectivity index (χ0n) is 11.2. The van der Waals surface area contributed by atoms with Crippen molar-refractivity contribution >= 4 is 17.5 Å². The number of hydrogen-bond donors (Lipinski definition) is 1. The number of amides is 1. The molecule has 0 heterocycles. The second-order valence-corrected chi connectivity index (χ2v) is 5.15. The summed E-state index contributed by atoms with van der Waals surface area (Å²) < 4.78 is 10.3. The summed E-state index contributed by atoms with van der Waals surface area (Å²) in [7, 11) is 3.11. The van der Waals surface area contributed by atoms with Gasteiger partial charge in [0.15, 0.2) is 11.5 Å². The molecule has 5 heteroatoms. The standard InChI is InChI=1S/C14H18ClNO3/c1-18-11-4-3-10(7-12(11)19-2)13(17)16-9-14(8-15)5-6-14/h3-4,7H,5-6,8-9H2,1-2H3,(H,16,17). The highest BCUT2D eigenvalue weighted by Crippen LogP contribution is 2.45. The van der Waals surface area contributed by atoms with Crippen LogP contribution in [-0.2, 0) is 0 Å². The average Bonchev–Trinajstić information content (AvgIpc) is 3.24. The first-order valence-electron chi connectivity index (χ1n) is 6.20. The van der Waals surface area contributed by atoms with Crippen LogP contribution < -0.4 is 14.8 Å². The number of ether oxygens (including phenoxy) is 2. The van der Waals surface area contributed by atoms with E-state index < -0.39 is 0 Å². The molecule has 0 saturated heterocycles. The Kier molecular flexibility index (Phi) is 4.20. The van der Waals surface area contributed by atoms with Gasteiger partial charge in [-0.3, -0.25) is 4.79 Å². The molecule has 0 radical (unpaired) electrons. The van der Waals surface area contributed by atoms with E-state index in [4.69, 9.17) is 21.1 Å². The maximum absolute atomic E-state index is 12.1. The quantitative estimate of drug-likeness (QED) is 0.816. The lowest BCUT2D eigenvalue weighted by molar-refractivity contribution is 0.0946. The van der Waals surface area contributed by atoms with E-state index >= 15 is 0 Å². The zero-order chi connectivity index (χ0) is 13.9. The summed E-state index contributed by atoms with van der Waals surface area (Å²) in [6.45, 7) is 0.629. The van der Waals surface area contributed by atoms with Crippen LogP contribution in [0.4, 0.5) is 0 Å². The van der Waals surface area contributed by atoms with Crippen molar-refractivity contribution in [2.24, 2.45) is 5.41 Å². The van der Waals surface area contributed by atoms with Crippen LogP contribution in [0, 0.1) is 5.41 Å². The lowest BCUT2D eigenvalue weighted by Crippen LogP contribution is -2.31. The molecule has 0 aromatic heterocycles. The third kappa shape index (κ3) is 3.13. The Morgan fingerprint density at radius 3 is 2.53 bits per heavy atom. The number of rotatable bonds is 6. The van der Waals surface area contributed by atoms with Crippen LogP contribution in [0.2, 0.25) is 0 Å². The Labute approximate surface area is 118 Å². The van der Waals surface area contributed by atoms with Crippen LogP contribution in [0.5, 0.6) is 11.5 Å². The molecule has 4 nitrogen and oxygen atoms in total. The minimum Gasteiger partial charge on any atom is -0.493 e. The highest BCUT2D eigenvalue weighted by Gasteiger charge is 2.41. The number of benzene rings is 1. The van der Waals surface area contributed by atoms with Crippen LogP contribution in [0.3, 0.4) is 0 Å². The molecule has 2 rings (SSSR count). The Morgan fingerprint density at radius 2 is 2.00 bits per heavy atom. The molecule has 1 N–H and O–H groups in total. The van der Waals surface area contributed by atoms with Crippen LogP contribution in [0.15, 0.2) is 18.2 Å². The number of hydrogen-bond acceptors (Lipinski definition) is 3. The first-order valence-corrected chi connectivity index (χ1v) is 6.74. The lowest BCUT2D eigenvalue weighted by atomic mass is 10.1. The summed E-state index contributed by atoms with van der Waals surface area (Å²) in [6, 6.07) is 5.12. The van der Waals surface area contributed by atoms with Crippen LogP contribution in [0.1, 0.15) is 23.2 Å². The predicted octanol–water partition coefficient (Wildman–Crippen LogP) is 2.45. The van der Waals surface area contributed by atoms with Crippen LogP contribution in [-0.4, -0.2) is 32.6 Å². The van der Waals surface area contributed by atoms with Gasteiger partial charge < -0.3 is 14.8 Å². The maximum atomic E-state index is 12.1. The van der Waals surface area contributed by atoms with Crippen molar-refractivity contribution in [3.8, 4) is 11.5 Å². The predicted molar refractivity (Wildman–Crippen MR) is 74.3 cm³/mol.